The molecule has 0 bridgehead atoms. The number of amides is 1. The lowest BCUT2D eigenvalue weighted by molar-refractivity contribution is -0.605. The Bertz CT molecular complexity index is 813. The summed E-state index contributed by atoms with van der Waals surface area (Å²) in [6.45, 7) is 6.14. The maximum Gasteiger partial charge on any atom is 0.272 e. The van der Waals surface area contributed by atoms with Crippen molar-refractivity contribution >= 4 is 5.91 Å². The molecule has 0 saturated heterocycles. The molecule has 3 unspecified atom stereocenters. The number of carbonyl (C=O) groups is 1. The van der Waals surface area contributed by atoms with Crippen LogP contribution < -0.4 is 10.0 Å². The number of aromatic nitrogens is 4. The highest BCUT2D eigenvalue weighted by Crippen LogP contribution is 2.57. The summed E-state index contributed by atoms with van der Waals surface area (Å²) >= 11 is 0. The van der Waals surface area contributed by atoms with Crippen LogP contribution in [0.1, 0.15) is 54.9 Å². The van der Waals surface area contributed by atoms with E-state index in [0.29, 0.717) is 34.0 Å². The molecule has 24 heavy (non-hydrogen) atoms. The molecule has 2 heterocycles. The van der Waals surface area contributed by atoms with Crippen molar-refractivity contribution in [1.29, 1.82) is 0 Å². The van der Waals surface area contributed by atoms with Crippen LogP contribution in [0.4, 0.5) is 0 Å². The highest BCUT2D eigenvalue weighted by atomic mass is 16.5. The van der Waals surface area contributed by atoms with Crippen LogP contribution in [0.15, 0.2) is 18.6 Å². The molecular weight excluding hydrogens is 306 g/mol. The number of rotatable bonds is 4. The Labute approximate surface area is 140 Å². The Balaban J connectivity index is 1.74. The number of nitrogens with zero attached hydrogens (tertiary/aromatic N) is 4. The number of fused-ring (bicyclic) bond motifs is 3. The fourth-order valence-corrected chi connectivity index (χ4v) is 3.39. The van der Waals surface area contributed by atoms with Gasteiger partial charge >= 0.3 is 0 Å². The molecule has 7 heteroatoms. The first-order valence-corrected chi connectivity index (χ1v) is 8.43. The minimum Gasteiger partial charge on any atom is -0.619 e. The third-order valence-corrected chi connectivity index (χ3v) is 5.22. The molecule has 7 nitrogen and oxygen atoms in total. The first-order valence-electron chi connectivity index (χ1n) is 8.43. The van der Waals surface area contributed by atoms with Crippen LogP contribution in [-0.2, 0) is 6.42 Å². The topological polar surface area (TPSA) is 86.8 Å². The van der Waals surface area contributed by atoms with Gasteiger partial charge in [0, 0.05) is 17.5 Å². The molecule has 1 N–H and O–H groups in total. The molecule has 126 valence electrons. The number of carbonyl (C=O) groups excluding carboxylic acids is 1. The lowest BCUT2D eigenvalue weighted by Crippen LogP contribution is -2.36. The summed E-state index contributed by atoms with van der Waals surface area (Å²) in [4.78, 5) is 16.9. The summed E-state index contributed by atoms with van der Waals surface area (Å²) in [6, 6.07) is 0.0767. The number of hydrogen-bond donors (Lipinski definition) is 1. The molecule has 4 rings (SSSR count). The smallest absolute Gasteiger partial charge is 0.272 e. The van der Waals surface area contributed by atoms with Crippen LogP contribution in [0.5, 0.6) is 0 Å². The molecule has 0 aromatic carbocycles. The van der Waals surface area contributed by atoms with E-state index in [-0.39, 0.29) is 11.9 Å². The van der Waals surface area contributed by atoms with Gasteiger partial charge in [-0.25, -0.2) is 9.67 Å². The molecule has 3 atom stereocenters. The molecule has 0 aliphatic heterocycles. The van der Waals surface area contributed by atoms with Crippen LogP contribution in [-0.4, -0.2) is 26.7 Å². The van der Waals surface area contributed by atoms with E-state index in [1.165, 1.54) is 18.6 Å². The van der Waals surface area contributed by atoms with E-state index in [2.05, 4.69) is 29.2 Å². The monoisotopic (exact) mass is 327 g/mol. The Morgan fingerprint density at radius 2 is 2.25 bits per heavy atom. The van der Waals surface area contributed by atoms with E-state index in [1.54, 1.807) is 4.68 Å². The fraction of sp³-hybridized carbons (Fsp3) is 0.529. The van der Waals surface area contributed by atoms with Gasteiger partial charge in [0.05, 0.1) is 11.9 Å². The Hall–Kier alpha value is -2.44. The average molecular weight is 327 g/mol. The van der Waals surface area contributed by atoms with Crippen molar-refractivity contribution in [2.24, 2.45) is 11.8 Å². The predicted octanol–water partition coefficient (Wildman–Crippen LogP) is 1.33. The standard InChI is InChI=1S/C17H21N5O2/c1-9(2)10(3)19-17(23)15-13-7-11-6-12(11)16(13)22(20-15)14-8-21(24)5-4-18-14/h4-5,8-12H,6-7H2,1-3H3,(H,19,23). The first kappa shape index (κ1) is 15.1. The van der Waals surface area contributed by atoms with Gasteiger partial charge in [-0.15, -0.1) is 0 Å². The van der Waals surface area contributed by atoms with Crippen LogP contribution in [0.2, 0.25) is 0 Å². The van der Waals surface area contributed by atoms with Gasteiger partial charge in [0.25, 0.3) is 5.91 Å². The van der Waals surface area contributed by atoms with Crippen LogP contribution >= 0.6 is 0 Å². The minimum absolute atomic E-state index is 0.0767. The Morgan fingerprint density at radius 1 is 1.46 bits per heavy atom. The fourth-order valence-electron chi connectivity index (χ4n) is 3.39. The first-order chi connectivity index (χ1) is 11.5. The van der Waals surface area contributed by atoms with Gasteiger partial charge in [0.15, 0.2) is 11.9 Å². The van der Waals surface area contributed by atoms with Gasteiger partial charge in [-0.05, 0) is 31.6 Å². The van der Waals surface area contributed by atoms with Crippen molar-refractivity contribution in [3.05, 3.63) is 40.7 Å². The zero-order valence-electron chi connectivity index (χ0n) is 14.1. The Kier molecular flexibility index (Phi) is 3.33. The molecular formula is C17H21N5O2. The normalized spacial score (nSPS) is 22.2. The summed E-state index contributed by atoms with van der Waals surface area (Å²) in [5.41, 5.74) is 2.56. The second-order valence-electron chi connectivity index (χ2n) is 7.21. The molecule has 2 aromatic rings. The maximum absolute atomic E-state index is 12.7. The van der Waals surface area contributed by atoms with Gasteiger partial charge in [-0.3, -0.25) is 4.79 Å². The third kappa shape index (κ3) is 2.35. The average Bonchev–Trinajstić information content (AvgIpc) is 3.03. The summed E-state index contributed by atoms with van der Waals surface area (Å²) in [5, 5.41) is 19.1. The van der Waals surface area contributed by atoms with E-state index in [4.69, 9.17) is 0 Å². The number of nitrogens with one attached hydrogen (secondary N) is 1. The van der Waals surface area contributed by atoms with Crippen molar-refractivity contribution in [2.45, 2.75) is 45.6 Å². The highest BCUT2D eigenvalue weighted by Gasteiger charge is 2.50. The maximum atomic E-state index is 12.7. The SMILES string of the molecule is CC(C)C(C)NC(=O)c1nn(-c2c[n+]([O-])ccn2)c2c1CC1CC21. The van der Waals surface area contributed by atoms with E-state index in [9.17, 15) is 10.0 Å². The van der Waals surface area contributed by atoms with E-state index in [0.717, 1.165) is 24.1 Å². The summed E-state index contributed by atoms with van der Waals surface area (Å²) in [7, 11) is 0. The van der Waals surface area contributed by atoms with Crippen molar-refractivity contribution in [3.63, 3.8) is 0 Å². The van der Waals surface area contributed by atoms with Crippen LogP contribution in [0.25, 0.3) is 5.82 Å². The molecule has 1 amide bonds. The Morgan fingerprint density at radius 3 is 2.96 bits per heavy atom. The summed E-state index contributed by atoms with van der Waals surface area (Å²) < 4.78 is 2.40. The molecule has 1 fully saturated rings. The van der Waals surface area contributed by atoms with E-state index >= 15 is 0 Å². The van der Waals surface area contributed by atoms with Crippen molar-refractivity contribution in [3.8, 4) is 5.82 Å². The number of hydrogen-bond acceptors (Lipinski definition) is 4. The third-order valence-electron chi connectivity index (χ3n) is 5.22. The summed E-state index contributed by atoms with van der Waals surface area (Å²) in [6.07, 6.45) is 6.21. The minimum atomic E-state index is -0.140. The second kappa shape index (κ2) is 5.29. The highest BCUT2D eigenvalue weighted by molar-refractivity contribution is 5.94. The van der Waals surface area contributed by atoms with Crippen molar-refractivity contribution in [1.82, 2.24) is 20.1 Å². The molecule has 2 aliphatic carbocycles. The zero-order chi connectivity index (χ0) is 17.0. The van der Waals surface area contributed by atoms with Crippen LogP contribution in [0, 0.1) is 17.0 Å². The predicted molar refractivity (Wildman–Crippen MR) is 86.6 cm³/mol. The lowest BCUT2D eigenvalue weighted by atomic mass is 10.1. The van der Waals surface area contributed by atoms with Gasteiger partial charge in [0.1, 0.15) is 0 Å². The molecule has 0 radical (unpaired) electrons. The van der Waals surface area contributed by atoms with Crippen molar-refractivity contribution in [2.75, 3.05) is 0 Å². The van der Waals surface area contributed by atoms with Crippen LogP contribution in [0.3, 0.4) is 0 Å². The molecule has 2 aliphatic rings. The second-order valence-corrected chi connectivity index (χ2v) is 7.21. The van der Waals surface area contributed by atoms with Gasteiger partial charge in [-0.1, -0.05) is 13.8 Å². The van der Waals surface area contributed by atoms with Gasteiger partial charge in [0.2, 0.25) is 12.0 Å². The largest absolute Gasteiger partial charge is 0.619 e. The van der Waals surface area contributed by atoms with E-state index < -0.39 is 0 Å². The quantitative estimate of drug-likeness (QED) is 0.678. The lowest BCUT2D eigenvalue weighted by Gasteiger charge is -2.16. The van der Waals surface area contributed by atoms with Crippen molar-refractivity contribution < 1.29 is 9.52 Å². The molecule has 0 spiro atoms. The van der Waals surface area contributed by atoms with Gasteiger partial charge in [-0.2, -0.15) is 9.83 Å². The molecule has 1 saturated carbocycles. The summed E-state index contributed by atoms with van der Waals surface area (Å²) in [5.74, 6) is 1.73. The molecule has 2 aromatic heterocycles. The van der Waals surface area contributed by atoms with Gasteiger partial charge < -0.3 is 10.5 Å². The van der Waals surface area contributed by atoms with E-state index in [1.807, 2.05) is 6.92 Å². The zero-order valence-corrected chi connectivity index (χ0v) is 14.1.